The zero-order chi connectivity index (χ0) is 33.8. The molecule has 0 spiro atoms. The van der Waals surface area contributed by atoms with Gasteiger partial charge in [0.2, 0.25) is 0 Å². The van der Waals surface area contributed by atoms with Gasteiger partial charge in [-0.15, -0.1) is 0 Å². The van der Waals surface area contributed by atoms with Crippen LogP contribution in [0, 0.1) is 34.0 Å². The van der Waals surface area contributed by atoms with Crippen LogP contribution < -0.4 is 0 Å². The summed E-state index contributed by atoms with van der Waals surface area (Å²) in [7, 11) is 0. The molecule has 0 aliphatic heterocycles. The van der Waals surface area contributed by atoms with Crippen LogP contribution in [0.2, 0.25) is 0 Å². The largest absolute Gasteiger partial charge is 0.309 e. The van der Waals surface area contributed by atoms with Crippen molar-refractivity contribution in [1.29, 1.82) is 15.8 Å². The summed E-state index contributed by atoms with van der Waals surface area (Å²) in [5.74, 6) is 0. The van der Waals surface area contributed by atoms with E-state index >= 15 is 0 Å². The molecule has 0 N–H and O–H groups in total. The number of hydrogen-bond donors (Lipinski definition) is 0. The second-order valence-corrected chi connectivity index (χ2v) is 12.3. The van der Waals surface area contributed by atoms with Gasteiger partial charge in [0.25, 0.3) is 0 Å². The van der Waals surface area contributed by atoms with E-state index in [2.05, 4.69) is 112 Å². The molecule has 9 rings (SSSR count). The Bertz CT molecular complexity index is 2920. The molecule has 0 atom stereocenters. The summed E-state index contributed by atoms with van der Waals surface area (Å²) in [4.78, 5) is 0. The second kappa shape index (κ2) is 11.4. The molecule has 0 amide bonds. The van der Waals surface area contributed by atoms with Gasteiger partial charge in [0.1, 0.15) is 0 Å². The number of fused-ring (bicyclic) bond motifs is 6. The van der Waals surface area contributed by atoms with Crippen LogP contribution in [0.5, 0.6) is 0 Å². The van der Waals surface area contributed by atoms with Gasteiger partial charge in [-0.3, -0.25) is 0 Å². The van der Waals surface area contributed by atoms with Crippen molar-refractivity contribution in [1.82, 2.24) is 9.13 Å². The van der Waals surface area contributed by atoms with Crippen molar-refractivity contribution in [2.75, 3.05) is 0 Å². The number of hydrogen-bond acceptors (Lipinski definition) is 3. The quantitative estimate of drug-likeness (QED) is 0.193. The van der Waals surface area contributed by atoms with Crippen LogP contribution in [0.3, 0.4) is 0 Å². The SMILES string of the molecule is N#Cc1ccc(-c2cc(-c3cccc(-n4c5ccccc5c5ccccc54)c3)ccc2C#N)c(-n2c3ccccc3c3cc(C#N)ccc32)c1. The first-order chi connectivity index (χ1) is 24.7. The van der Waals surface area contributed by atoms with Gasteiger partial charge >= 0.3 is 0 Å². The summed E-state index contributed by atoms with van der Waals surface area (Å²) in [6.45, 7) is 0. The summed E-state index contributed by atoms with van der Waals surface area (Å²) in [5.41, 5.74) is 11.2. The van der Waals surface area contributed by atoms with E-state index < -0.39 is 0 Å². The Labute approximate surface area is 287 Å². The van der Waals surface area contributed by atoms with E-state index in [4.69, 9.17) is 0 Å². The van der Waals surface area contributed by atoms with E-state index in [9.17, 15) is 15.8 Å². The molecule has 0 aliphatic rings. The van der Waals surface area contributed by atoms with E-state index in [-0.39, 0.29) is 0 Å². The van der Waals surface area contributed by atoms with Crippen molar-refractivity contribution in [3.63, 3.8) is 0 Å². The monoisotopic (exact) mass is 635 g/mol. The molecule has 0 radical (unpaired) electrons. The molecule has 0 saturated carbocycles. The third-order valence-corrected chi connectivity index (χ3v) is 9.62. The van der Waals surface area contributed by atoms with Crippen LogP contribution in [0.4, 0.5) is 0 Å². The van der Waals surface area contributed by atoms with Gasteiger partial charge in [-0.2, -0.15) is 15.8 Å². The highest BCUT2D eigenvalue weighted by Gasteiger charge is 2.19. The first-order valence-electron chi connectivity index (χ1n) is 16.3. The van der Waals surface area contributed by atoms with Gasteiger partial charge in [0.15, 0.2) is 0 Å². The third-order valence-electron chi connectivity index (χ3n) is 9.62. The minimum Gasteiger partial charge on any atom is -0.309 e. The average Bonchev–Trinajstić information content (AvgIpc) is 3.70. The Morgan fingerprint density at radius 2 is 0.960 bits per heavy atom. The lowest BCUT2D eigenvalue weighted by Gasteiger charge is -2.17. The molecule has 50 heavy (non-hydrogen) atoms. The molecule has 0 unspecified atom stereocenters. The highest BCUT2D eigenvalue weighted by molar-refractivity contribution is 6.11. The summed E-state index contributed by atoms with van der Waals surface area (Å²) >= 11 is 0. The normalized spacial score (nSPS) is 11.1. The van der Waals surface area contributed by atoms with Gasteiger partial charge < -0.3 is 9.13 Å². The van der Waals surface area contributed by atoms with Crippen LogP contribution in [0.1, 0.15) is 16.7 Å². The molecule has 5 nitrogen and oxygen atoms in total. The van der Waals surface area contributed by atoms with Gasteiger partial charge in [0, 0.05) is 38.4 Å². The smallest absolute Gasteiger partial charge is 0.0998 e. The number of nitrogens with zero attached hydrogens (tertiary/aromatic N) is 5. The first-order valence-corrected chi connectivity index (χ1v) is 16.3. The van der Waals surface area contributed by atoms with Gasteiger partial charge in [0.05, 0.1) is 62.7 Å². The van der Waals surface area contributed by atoms with Crippen LogP contribution in [0.15, 0.2) is 152 Å². The van der Waals surface area contributed by atoms with E-state index in [1.165, 1.54) is 10.8 Å². The molecule has 0 fully saturated rings. The summed E-state index contributed by atoms with van der Waals surface area (Å²) in [6, 6.07) is 57.8. The van der Waals surface area contributed by atoms with Gasteiger partial charge in [-0.05, 0) is 83.9 Å². The predicted molar refractivity (Wildman–Crippen MR) is 200 cm³/mol. The van der Waals surface area contributed by atoms with Crippen molar-refractivity contribution in [3.05, 3.63) is 168 Å². The van der Waals surface area contributed by atoms with Crippen molar-refractivity contribution in [2.45, 2.75) is 0 Å². The molecule has 5 heteroatoms. The molecule has 2 aromatic heterocycles. The summed E-state index contributed by atoms with van der Waals surface area (Å²) < 4.78 is 4.44. The molecule has 230 valence electrons. The summed E-state index contributed by atoms with van der Waals surface area (Å²) in [6.07, 6.45) is 0. The van der Waals surface area contributed by atoms with Crippen LogP contribution in [-0.4, -0.2) is 9.13 Å². The molecule has 9 aromatic rings. The van der Waals surface area contributed by atoms with Gasteiger partial charge in [-0.25, -0.2) is 0 Å². The Kier molecular flexibility index (Phi) is 6.56. The fourth-order valence-corrected chi connectivity index (χ4v) is 7.39. The lowest BCUT2D eigenvalue weighted by Crippen LogP contribution is -2.00. The lowest BCUT2D eigenvalue weighted by atomic mass is 9.93. The minimum atomic E-state index is 0.511. The maximum atomic E-state index is 10.4. The number of para-hydroxylation sites is 3. The zero-order valence-corrected chi connectivity index (χ0v) is 26.7. The third kappa shape index (κ3) is 4.38. The molecule has 0 saturated heterocycles. The van der Waals surface area contributed by atoms with E-state index in [0.29, 0.717) is 16.7 Å². The molecular weight excluding hydrogens is 611 g/mol. The molecule has 0 bridgehead atoms. The van der Waals surface area contributed by atoms with Crippen molar-refractivity contribution in [2.24, 2.45) is 0 Å². The Balaban J connectivity index is 1.26. The maximum Gasteiger partial charge on any atom is 0.0998 e. The fourth-order valence-electron chi connectivity index (χ4n) is 7.39. The first kappa shape index (κ1) is 28.8. The van der Waals surface area contributed by atoms with E-state index in [0.717, 1.165) is 66.5 Å². The second-order valence-electron chi connectivity index (χ2n) is 12.3. The topological polar surface area (TPSA) is 81.2 Å². The van der Waals surface area contributed by atoms with Gasteiger partial charge in [-0.1, -0.05) is 78.9 Å². The van der Waals surface area contributed by atoms with Crippen molar-refractivity contribution in [3.8, 4) is 51.8 Å². The van der Waals surface area contributed by atoms with Crippen molar-refractivity contribution >= 4 is 43.6 Å². The molecular formula is C45H25N5. The lowest BCUT2D eigenvalue weighted by molar-refractivity contribution is 1.18. The minimum absolute atomic E-state index is 0.511. The Hall–Kier alpha value is -7.39. The average molecular weight is 636 g/mol. The predicted octanol–water partition coefficient (Wildman–Crippen LogP) is 10.8. The number of nitriles is 3. The molecule has 7 aromatic carbocycles. The number of rotatable bonds is 4. The van der Waals surface area contributed by atoms with E-state index in [1.807, 2.05) is 60.7 Å². The molecule has 2 heterocycles. The van der Waals surface area contributed by atoms with Crippen LogP contribution in [-0.2, 0) is 0 Å². The number of benzene rings is 7. The molecule has 0 aliphatic carbocycles. The van der Waals surface area contributed by atoms with E-state index in [1.54, 1.807) is 6.07 Å². The number of aromatic nitrogens is 2. The Morgan fingerprint density at radius 1 is 0.380 bits per heavy atom. The summed E-state index contributed by atoms with van der Waals surface area (Å²) in [5, 5.41) is 34.4. The van der Waals surface area contributed by atoms with Crippen molar-refractivity contribution < 1.29 is 0 Å². The fraction of sp³-hybridized carbons (Fsp3) is 0. The highest BCUT2D eigenvalue weighted by atomic mass is 15.0. The van der Waals surface area contributed by atoms with Crippen LogP contribution in [0.25, 0.3) is 77.2 Å². The van der Waals surface area contributed by atoms with Crippen LogP contribution >= 0.6 is 0 Å². The zero-order valence-electron chi connectivity index (χ0n) is 26.7. The Morgan fingerprint density at radius 3 is 1.64 bits per heavy atom. The standard InChI is InChI=1S/C45H25N5/c46-26-29-17-21-44-40(22-29)37-12-3-6-15-43(37)50(44)45-23-30(27-47)16-20-38(45)39-25-32(18-19-33(39)28-48)31-8-7-9-34(24-31)49-41-13-4-1-10-35(41)36-11-2-5-14-42(36)49/h1-25H. The highest BCUT2D eigenvalue weighted by Crippen LogP contribution is 2.40. The maximum absolute atomic E-state index is 10.4.